The molecule has 6 heteroatoms. The highest BCUT2D eigenvalue weighted by Crippen LogP contribution is 2.32. The number of aryl methyl sites for hydroxylation is 1. The number of carbonyl (C=O) groups is 2. The zero-order valence-corrected chi connectivity index (χ0v) is 16.5. The second-order valence-electron chi connectivity index (χ2n) is 7.59. The Hall–Kier alpha value is -3.80. The van der Waals surface area contributed by atoms with Crippen LogP contribution >= 0.6 is 0 Å². The molecule has 0 spiro atoms. The van der Waals surface area contributed by atoms with Gasteiger partial charge in [-0.05, 0) is 78.6 Å². The van der Waals surface area contributed by atoms with E-state index in [0.29, 0.717) is 24.0 Å². The molecule has 3 aromatic carbocycles. The number of hydrogen-bond acceptors (Lipinski definition) is 2. The van der Waals surface area contributed by atoms with Gasteiger partial charge in [-0.25, -0.2) is 8.78 Å². The zero-order chi connectivity index (χ0) is 21.5. The van der Waals surface area contributed by atoms with Crippen molar-refractivity contribution in [2.45, 2.75) is 12.8 Å². The summed E-state index contributed by atoms with van der Waals surface area (Å²) in [5, 5.41) is 0.738. The van der Waals surface area contributed by atoms with Gasteiger partial charge in [0.2, 0.25) is 0 Å². The van der Waals surface area contributed by atoms with Gasteiger partial charge in [0.1, 0.15) is 11.6 Å². The van der Waals surface area contributed by atoms with Gasteiger partial charge in [0, 0.05) is 23.1 Å². The Labute approximate surface area is 177 Å². The van der Waals surface area contributed by atoms with Crippen molar-refractivity contribution in [3.05, 3.63) is 95.1 Å². The number of aromatic amines is 1. The summed E-state index contributed by atoms with van der Waals surface area (Å²) in [5.74, 6) is -1.26. The first kappa shape index (κ1) is 19.2. The number of H-pyrrole nitrogens is 1. The Bertz CT molecular complexity index is 1290. The molecule has 2 amide bonds. The van der Waals surface area contributed by atoms with Crippen LogP contribution in [0, 0.1) is 11.6 Å². The lowest BCUT2D eigenvalue weighted by atomic mass is 10.0. The lowest BCUT2D eigenvalue weighted by molar-refractivity contribution is 0.0652. The number of carbonyl (C=O) groups excluding carboxylic acids is 2. The Morgan fingerprint density at radius 1 is 0.806 bits per heavy atom. The molecule has 1 N–H and O–H groups in total. The minimum Gasteiger partial charge on any atom is -0.354 e. The van der Waals surface area contributed by atoms with E-state index < -0.39 is 0 Å². The number of aromatic nitrogens is 1. The third kappa shape index (κ3) is 3.30. The lowest BCUT2D eigenvalue weighted by Gasteiger charge is -2.14. The van der Waals surface area contributed by atoms with Gasteiger partial charge < -0.3 is 4.98 Å². The van der Waals surface area contributed by atoms with E-state index in [1.807, 2.05) is 0 Å². The van der Waals surface area contributed by atoms with Crippen molar-refractivity contribution < 1.29 is 18.4 Å². The molecule has 31 heavy (non-hydrogen) atoms. The highest BCUT2D eigenvalue weighted by atomic mass is 19.1. The minimum absolute atomic E-state index is 0.261. The van der Waals surface area contributed by atoms with E-state index in [-0.39, 0.29) is 30.0 Å². The van der Waals surface area contributed by atoms with Gasteiger partial charge in [-0.15, -0.1) is 0 Å². The van der Waals surface area contributed by atoms with Crippen molar-refractivity contribution in [1.82, 2.24) is 9.88 Å². The number of nitrogens with zero attached hydrogens (tertiary/aromatic N) is 1. The van der Waals surface area contributed by atoms with E-state index in [1.165, 1.54) is 29.2 Å². The number of amides is 2. The van der Waals surface area contributed by atoms with Crippen LogP contribution in [-0.2, 0) is 6.42 Å². The summed E-state index contributed by atoms with van der Waals surface area (Å²) in [6.45, 7) is 0.261. The molecule has 0 fully saturated rings. The van der Waals surface area contributed by atoms with Crippen molar-refractivity contribution in [2.75, 3.05) is 6.54 Å². The van der Waals surface area contributed by atoms with Gasteiger partial charge in [-0.3, -0.25) is 14.5 Å². The average Bonchev–Trinajstić information content (AvgIpc) is 3.25. The van der Waals surface area contributed by atoms with E-state index in [2.05, 4.69) is 4.98 Å². The Balaban J connectivity index is 1.43. The highest BCUT2D eigenvalue weighted by molar-refractivity contribution is 6.21. The van der Waals surface area contributed by atoms with Crippen molar-refractivity contribution in [1.29, 1.82) is 0 Å². The predicted molar refractivity (Wildman–Crippen MR) is 114 cm³/mol. The summed E-state index contributed by atoms with van der Waals surface area (Å²) in [4.78, 5) is 29.7. The summed E-state index contributed by atoms with van der Waals surface area (Å²) in [7, 11) is 0. The number of benzene rings is 3. The van der Waals surface area contributed by atoms with Crippen LogP contribution < -0.4 is 0 Å². The van der Waals surface area contributed by atoms with Gasteiger partial charge in [0.15, 0.2) is 0 Å². The molecular weight excluding hydrogens is 398 g/mol. The molecule has 1 aromatic heterocycles. The quantitative estimate of drug-likeness (QED) is 0.447. The maximum atomic E-state index is 13.9. The van der Waals surface area contributed by atoms with E-state index in [9.17, 15) is 18.4 Å². The summed E-state index contributed by atoms with van der Waals surface area (Å²) in [5.41, 5.74) is 4.06. The molecule has 0 saturated heterocycles. The molecule has 0 aliphatic carbocycles. The van der Waals surface area contributed by atoms with Gasteiger partial charge >= 0.3 is 0 Å². The summed E-state index contributed by atoms with van der Waals surface area (Å²) in [6, 6.07) is 17.4. The van der Waals surface area contributed by atoms with E-state index >= 15 is 0 Å². The third-order valence-electron chi connectivity index (χ3n) is 5.69. The van der Waals surface area contributed by atoms with Crippen LogP contribution in [0.5, 0.6) is 0 Å². The Morgan fingerprint density at radius 2 is 1.45 bits per heavy atom. The van der Waals surface area contributed by atoms with Crippen LogP contribution in [0.15, 0.2) is 66.7 Å². The van der Waals surface area contributed by atoms with Gasteiger partial charge in [0.05, 0.1) is 11.1 Å². The minimum atomic E-state index is -0.348. The summed E-state index contributed by atoms with van der Waals surface area (Å²) in [6.07, 6.45) is 1.03. The standard InChI is InChI=1S/C25H18F2N2O2/c26-16-9-7-15(8-10-16)23-18(21-14-17(27)11-12-22(21)28-23)6-3-13-29-24(30)19-4-1-2-5-20(19)25(29)31/h1-2,4-5,7-12,14,28H,3,6,13H2. The molecule has 154 valence electrons. The highest BCUT2D eigenvalue weighted by Gasteiger charge is 2.34. The van der Waals surface area contributed by atoms with Crippen LogP contribution in [0.25, 0.3) is 22.2 Å². The molecule has 4 nitrogen and oxygen atoms in total. The molecule has 0 bridgehead atoms. The first-order valence-corrected chi connectivity index (χ1v) is 10.0. The number of fused-ring (bicyclic) bond motifs is 2. The Kier molecular flexibility index (Phi) is 4.62. The fourth-order valence-electron chi connectivity index (χ4n) is 4.20. The molecular formula is C25H18F2N2O2. The van der Waals surface area contributed by atoms with Crippen molar-refractivity contribution in [3.63, 3.8) is 0 Å². The van der Waals surface area contributed by atoms with Gasteiger partial charge in [0.25, 0.3) is 11.8 Å². The van der Waals surface area contributed by atoms with Gasteiger partial charge in [-0.2, -0.15) is 0 Å². The van der Waals surface area contributed by atoms with Crippen LogP contribution in [0.2, 0.25) is 0 Å². The largest absolute Gasteiger partial charge is 0.354 e. The maximum absolute atomic E-state index is 13.9. The first-order chi connectivity index (χ1) is 15.0. The van der Waals surface area contributed by atoms with E-state index in [4.69, 9.17) is 0 Å². The molecule has 5 rings (SSSR count). The normalized spacial score (nSPS) is 13.3. The van der Waals surface area contributed by atoms with Crippen LogP contribution in [-0.4, -0.2) is 28.2 Å². The van der Waals surface area contributed by atoms with Crippen molar-refractivity contribution >= 4 is 22.7 Å². The predicted octanol–water partition coefficient (Wildman–Crippen LogP) is 5.34. The number of hydrogen-bond donors (Lipinski definition) is 1. The van der Waals surface area contributed by atoms with Crippen LogP contribution in [0.3, 0.4) is 0 Å². The molecule has 4 aromatic rings. The zero-order valence-electron chi connectivity index (χ0n) is 16.5. The lowest BCUT2D eigenvalue weighted by Crippen LogP contribution is -2.30. The fourth-order valence-corrected chi connectivity index (χ4v) is 4.20. The molecule has 0 unspecified atom stereocenters. The number of nitrogens with one attached hydrogen (secondary N) is 1. The number of halogens is 2. The number of rotatable bonds is 5. The first-order valence-electron chi connectivity index (χ1n) is 10.0. The monoisotopic (exact) mass is 416 g/mol. The van der Waals surface area contributed by atoms with E-state index in [1.54, 1.807) is 42.5 Å². The SMILES string of the molecule is O=C1c2ccccc2C(=O)N1CCCc1c(-c2ccc(F)cc2)[nH]c2ccc(F)cc12. The smallest absolute Gasteiger partial charge is 0.261 e. The van der Waals surface area contributed by atoms with Crippen LogP contribution in [0.4, 0.5) is 8.78 Å². The van der Waals surface area contributed by atoms with Crippen LogP contribution in [0.1, 0.15) is 32.7 Å². The van der Waals surface area contributed by atoms with Gasteiger partial charge in [-0.1, -0.05) is 12.1 Å². The molecule has 0 radical (unpaired) electrons. The second kappa shape index (κ2) is 7.47. The molecule has 1 aliphatic rings. The molecule has 0 atom stereocenters. The topological polar surface area (TPSA) is 53.2 Å². The summed E-state index contributed by atoms with van der Waals surface area (Å²) >= 11 is 0. The van der Waals surface area contributed by atoms with Crippen molar-refractivity contribution in [3.8, 4) is 11.3 Å². The Morgan fingerprint density at radius 3 is 2.13 bits per heavy atom. The third-order valence-corrected chi connectivity index (χ3v) is 5.69. The molecule has 1 aliphatic heterocycles. The number of imide groups is 1. The molecule has 0 saturated carbocycles. The molecule has 2 heterocycles. The van der Waals surface area contributed by atoms with E-state index in [0.717, 1.165) is 27.7 Å². The summed E-state index contributed by atoms with van der Waals surface area (Å²) < 4.78 is 27.3. The maximum Gasteiger partial charge on any atom is 0.261 e. The average molecular weight is 416 g/mol. The second-order valence-corrected chi connectivity index (χ2v) is 7.59. The van der Waals surface area contributed by atoms with Crippen molar-refractivity contribution in [2.24, 2.45) is 0 Å². The fraction of sp³-hybridized carbons (Fsp3) is 0.120.